The Morgan fingerprint density at radius 1 is 1.17 bits per heavy atom. The molecule has 2 aromatic heterocycles. The van der Waals surface area contributed by atoms with Gasteiger partial charge >= 0.3 is 0 Å². The molecule has 0 bridgehead atoms. The summed E-state index contributed by atoms with van der Waals surface area (Å²) in [4.78, 5) is 19.4. The van der Waals surface area contributed by atoms with E-state index >= 15 is 0 Å². The summed E-state index contributed by atoms with van der Waals surface area (Å²) in [5, 5.41) is 12.2. The fourth-order valence-corrected chi connectivity index (χ4v) is 4.77. The van der Waals surface area contributed by atoms with Crippen LogP contribution in [0.15, 0.2) is 54.9 Å². The Balaban J connectivity index is 1.19. The van der Waals surface area contributed by atoms with Gasteiger partial charge in [-0.3, -0.25) is 4.79 Å². The Labute approximate surface area is 177 Å². The van der Waals surface area contributed by atoms with Crippen molar-refractivity contribution >= 4 is 27.5 Å². The second-order valence-corrected chi connectivity index (χ2v) is 8.30. The van der Waals surface area contributed by atoms with E-state index in [1.165, 1.54) is 11.0 Å². The molecule has 8 nitrogen and oxygen atoms in total. The van der Waals surface area contributed by atoms with Gasteiger partial charge in [-0.15, -0.1) is 16.4 Å². The number of piperidine rings is 1. The van der Waals surface area contributed by atoms with Crippen LogP contribution in [0.5, 0.6) is 5.75 Å². The van der Waals surface area contributed by atoms with Crippen LogP contribution in [0.2, 0.25) is 0 Å². The summed E-state index contributed by atoms with van der Waals surface area (Å²) < 4.78 is 8.48. The second kappa shape index (κ2) is 8.19. The Hall–Kier alpha value is -3.33. The van der Waals surface area contributed by atoms with Crippen molar-refractivity contribution in [1.29, 1.82) is 0 Å². The molecule has 1 fully saturated rings. The number of hydrogen-bond donors (Lipinski definition) is 0. The molecule has 3 heterocycles. The number of ether oxygens (including phenoxy) is 1. The number of para-hydroxylation sites is 1. The molecule has 0 saturated carbocycles. The number of thiazole rings is 1. The van der Waals surface area contributed by atoms with Crippen LogP contribution in [0.3, 0.4) is 0 Å². The zero-order valence-electron chi connectivity index (χ0n) is 16.2. The molecule has 1 amide bonds. The molecule has 0 radical (unpaired) electrons. The molecular weight excluding hydrogens is 400 g/mol. The largest absolute Gasteiger partial charge is 0.484 e. The standard InChI is InChI=1S/C21H20N6O2S/c28-20(13-29-17-9-7-16(8-10-17)27-14-22-24-25-27)26-11-3-4-15(12-26)21-23-18-5-1-2-6-19(18)30-21/h1-2,5-10,14-15H,3-4,11-13H2/t15-/m0/s1. The van der Waals surface area contributed by atoms with Crippen molar-refractivity contribution in [2.45, 2.75) is 18.8 Å². The van der Waals surface area contributed by atoms with Crippen molar-refractivity contribution in [2.75, 3.05) is 19.7 Å². The van der Waals surface area contributed by atoms with Gasteiger partial charge in [0.1, 0.15) is 12.1 Å². The van der Waals surface area contributed by atoms with Crippen molar-refractivity contribution in [3.05, 3.63) is 59.9 Å². The molecule has 1 aliphatic rings. The average molecular weight is 420 g/mol. The lowest BCUT2D eigenvalue weighted by molar-refractivity contribution is -0.134. The van der Waals surface area contributed by atoms with E-state index < -0.39 is 0 Å². The van der Waals surface area contributed by atoms with Gasteiger partial charge in [0.2, 0.25) is 0 Å². The average Bonchev–Trinajstić information content (AvgIpc) is 3.48. The monoisotopic (exact) mass is 420 g/mol. The summed E-state index contributed by atoms with van der Waals surface area (Å²) in [6.07, 6.45) is 3.56. The molecule has 1 saturated heterocycles. The van der Waals surface area contributed by atoms with Crippen LogP contribution in [0, 0.1) is 0 Å². The first-order valence-electron chi connectivity index (χ1n) is 9.86. The number of tetrazole rings is 1. The van der Waals surface area contributed by atoms with Crippen LogP contribution >= 0.6 is 11.3 Å². The lowest BCUT2D eigenvalue weighted by Gasteiger charge is -2.31. The Morgan fingerprint density at radius 2 is 2.03 bits per heavy atom. The van der Waals surface area contributed by atoms with E-state index in [-0.39, 0.29) is 18.4 Å². The molecule has 152 valence electrons. The predicted molar refractivity (Wildman–Crippen MR) is 113 cm³/mol. The van der Waals surface area contributed by atoms with Gasteiger partial charge < -0.3 is 9.64 Å². The van der Waals surface area contributed by atoms with Gasteiger partial charge in [-0.25, -0.2) is 9.67 Å². The number of carbonyl (C=O) groups is 1. The Kier molecular flexibility index (Phi) is 5.10. The predicted octanol–water partition coefficient (Wildman–Crippen LogP) is 3.06. The van der Waals surface area contributed by atoms with E-state index in [4.69, 9.17) is 9.72 Å². The third kappa shape index (κ3) is 3.88. The number of carbonyl (C=O) groups excluding carboxylic acids is 1. The van der Waals surface area contributed by atoms with Gasteiger partial charge in [0.25, 0.3) is 5.91 Å². The number of hydrogen-bond acceptors (Lipinski definition) is 7. The molecule has 5 rings (SSSR count). The first-order chi connectivity index (χ1) is 14.8. The highest BCUT2D eigenvalue weighted by Gasteiger charge is 2.27. The van der Waals surface area contributed by atoms with Crippen LogP contribution in [-0.4, -0.2) is 55.7 Å². The van der Waals surface area contributed by atoms with Crippen LogP contribution in [-0.2, 0) is 4.79 Å². The molecule has 2 aromatic carbocycles. The lowest BCUT2D eigenvalue weighted by Crippen LogP contribution is -2.41. The molecule has 9 heteroatoms. The number of fused-ring (bicyclic) bond motifs is 1. The van der Waals surface area contributed by atoms with Gasteiger partial charge in [-0.1, -0.05) is 12.1 Å². The highest BCUT2D eigenvalue weighted by Crippen LogP contribution is 2.33. The number of benzene rings is 2. The van der Waals surface area contributed by atoms with Crippen LogP contribution in [0.4, 0.5) is 0 Å². The maximum absolute atomic E-state index is 12.7. The van der Waals surface area contributed by atoms with E-state index in [9.17, 15) is 4.79 Å². The summed E-state index contributed by atoms with van der Waals surface area (Å²) in [6, 6.07) is 15.5. The van der Waals surface area contributed by atoms with E-state index in [1.807, 2.05) is 47.4 Å². The van der Waals surface area contributed by atoms with Crippen molar-refractivity contribution in [3.8, 4) is 11.4 Å². The van der Waals surface area contributed by atoms with Gasteiger partial charge in [0.15, 0.2) is 6.61 Å². The van der Waals surface area contributed by atoms with Crippen molar-refractivity contribution in [2.24, 2.45) is 0 Å². The van der Waals surface area contributed by atoms with Crippen LogP contribution in [0.1, 0.15) is 23.8 Å². The summed E-state index contributed by atoms with van der Waals surface area (Å²) >= 11 is 1.73. The molecule has 0 aliphatic carbocycles. The quantitative estimate of drug-likeness (QED) is 0.493. The second-order valence-electron chi connectivity index (χ2n) is 7.24. The molecule has 30 heavy (non-hydrogen) atoms. The first kappa shape index (κ1) is 18.7. The minimum atomic E-state index is 0.00497. The van der Waals surface area contributed by atoms with E-state index in [0.29, 0.717) is 12.3 Å². The third-order valence-corrected chi connectivity index (χ3v) is 6.45. The SMILES string of the molecule is O=C(COc1ccc(-n2cnnn2)cc1)N1CCC[C@H](c2nc3ccccc3s2)C1. The zero-order chi connectivity index (χ0) is 20.3. The topological polar surface area (TPSA) is 86.0 Å². The fraction of sp³-hybridized carbons (Fsp3) is 0.286. The summed E-state index contributed by atoms with van der Waals surface area (Å²) in [7, 11) is 0. The number of rotatable bonds is 5. The maximum atomic E-state index is 12.7. The van der Waals surface area contributed by atoms with Crippen molar-refractivity contribution < 1.29 is 9.53 Å². The third-order valence-electron chi connectivity index (χ3n) is 5.25. The summed E-state index contributed by atoms with van der Waals surface area (Å²) in [5.41, 5.74) is 1.86. The zero-order valence-corrected chi connectivity index (χ0v) is 17.0. The van der Waals surface area contributed by atoms with Crippen LogP contribution < -0.4 is 4.74 Å². The smallest absolute Gasteiger partial charge is 0.260 e. The normalized spacial score (nSPS) is 16.7. The molecule has 0 unspecified atom stereocenters. The number of aromatic nitrogens is 5. The summed E-state index contributed by atoms with van der Waals surface area (Å²) in [5.74, 6) is 0.931. The van der Waals surface area contributed by atoms with E-state index in [0.717, 1.165) is 35.6 Å². The number of amides is 1. The molecular formula is C21H20N6O2S. The molecule has 0 spiro atoms. The highest BCUT2D eigenvalue weighted by atomic mass is 32.1. The number of likely N-dealkylation sites (tertiary alicyclic amines) is 1. The van der Waals surface area contributed by atoms with Gasteiger partial charge in [0, 0.05) is 19.0 Å². The molecule has 1 atom stereocenters. The molecule has 1 aliphatic heterocycles. The van der Waals surface area contributed by atoms with Crippen LogP contribution in [0.25, 0.3) is 15.9 Å². The minimum absolute atomic E-state index is 0.00497. The van der Waals surface area contributed by atoms with Crippen molar-refractivity contribution in [3.63, 3.8) is 0 Å². The van der Waals surface area contributed by atoms with E-state index in [1.54, 1.807) is 16.0 Å². The van der Waals surface area contributed by atoms with Gasteiger partial charge in [0.05, 0.1) is 20.9 Å². The van der Waals surface area contributed by atoms with Gasteiger partial charge in [-0.05, 0) is 59.7 Å². The van der Waals surface area contributed by atoms with E-state index in [2.05, 4.69) is 21.6 Å². The number of nitrogens with zero attached hydrogens (tertiary/aromatic N) is 6. The lowest BCUT2D eigenvalue weighted by atomic mass is 9.99. The van der Waals surface area contributed by atoms with Gasteiger partial charge in [-0.2, -0.15) is 0 Å². The Bertz CT molecular complexity index is 1110. The highest BCUT2D eigenvalue weighted by molar-refractivity contribution is 7.18. The summed E-state index contributed by atoms with van der Waals surface area (Å²) in [6.45, 7) is 1.48. The minimum Gasteiger partial charge on any atom is -0.484 e. The first-order valence-corrected chi connectivity index (χ1v) is 10.7. The van der Waals surface area contributed by atoms with Crippen molar-refractivity contribution in [1.82, 2.24) is 30.1 Å². The molecule has 4 aromatic rings. The Morgan fingerprint density at radius 3 is 2.83 bits per heavy atom. The maximum Gasteiger partial charge on any atom is 0.260 e. The molecule has 0 N–H and O–H groups in total. The fourth-order valence-electron chi connectivity index (χ4n) is 3.68.